The van der Waals surface area contributed by atoms with Crippen molar-refractivity contribution in [3.63, 3.8) is 0 Å². The smallest absolute Gasteiger partial charge is 0.392 e. The Kier molecular flexibility index (Phi) is 6.91. The van der Waals surface area contributed by atoms with Crippen LogP contribution in [0.4, 0.5) is 22.0 Å². The summed E-state index contributed by atoms with van der Waals surface area (Å²) in [6.45, 7) is 1.95. The van der Waals surface area contributed by atoms with Crippen molar-refractivity contribution in [3.8, 4) is 34.5 Å². The molecular formula is C25H26F5N7O2. The van der Waals surface area contributed by atoms with E-state index in [1.165, 1.54) is 22.5 Å². The number of fused-ring (bicyclic) bond motifs is 3. The number of benzene rings is 1. The van der Waals surface area contributed by atoms with E-state index in [0.717, 1.165) is 31.4 Å². The number of amides is 1. The highest BCUT2D eigenvalue weighted by Crippen LogP contribution is 2.42. The standard InChI is InChI=1S/C25H26F5N7O2/c1-23(13-31,12-25(28,29)30)35(3)22(38)18-8-15(11-24(2,26)27)20-16-10-17(21-32-34-36(4)33-21)19(39-5)9-14(16)6-7-37(18)20/h8-10H,6-7,11-12H2,1-5H3/t23-/m0/s1. The fraction of sp³-hybridized carbons (Fsp3) is 0.480. The molecule has 14 heteroatoms. The van der Waals surface area contributed by atoms with Crippen LogP contribution in [0.3, 0.4) is 0 Å². The van der Waals surface area contributed by atoms with Crippen molar-refractivity contribution in [2.45, 2.75) is 57.3 Å². The quantitative estimate of drug-likeness (QED) is 0.403. The van der Waals surface area contributed by atoms with Crippen LogP contribution in [0.1, 0.15) is 41.9 Å². The van der Waals surface area contributed by atoms with Crippen molar-refractivity contribution < 1.29 is 31.5 Å². The highest BCUT2D eigenvalue weighted by Gasteiger charge is 2.45. The summed E-state index contributed by atoms with van der Waals surface area (Å²) >= 11 is 0. The number of hydrogen-bond acceptors (Lipinski definition) is 6. The minimum absolute atomic E-state index is 0.0870. The number of aromatic nitrogens is 5. The summed E-state index contributed by atoms with van der Waals surface area (Å²) in [4.78, 5) is 15.5. The van der Waals surface area contributed by atoms with Gasteiger partial charge in [0, 0.05) is 25.6 Å². The first kappa shape index (κ1) is 28.0. The molecule has 0 unspecified atom stereocenters. The highest BCUT2D eigenvalue weighted by atomic mass is 19.4. The molecule has 1 aliphatic heterocycles. The maximum absolute atomic E-state index is 14.3. The van der Waals surface area contributed by atoms with Crippen LogP contribution in [-0.4, -0.2) is 67.4 Å². The van der Waals surface area contributed by atoms with Gasteiger partial charge in [0.2, 0.25) is 11.7 Å². The van der Waals surface area contributed by atoms with Crippen LogP contribution in [0.25, 0.3) is 22.6 Å². The normalized spacial score (nSPS) is 14.7. The molecule has 3 heterocycles. The van der Waals surface area contributed by atoms with E-state index in [1.54, 1.807) is 25.2 Å². The molecule has 4 rings (SSSR count). The number of carbonyl (C=O) groups is 1. The Hall–Kier alpha value is -4.02. The molecule has 1 amide bonds. The summed E-state index contributed by atoms with van der Waals surface area (Å²) in [7, 11) is 4.15. The molecule has 0 bridgehead atoms. The van der Waals surface area contributed by atoms with E-state index in [2.05, 4.69) is 15.4 Å². The zero-order valence-corrected chi connectivity index (χ0v) is 21.9. The Morgan fingerprint density at radius 3 is 2.41 bits per heavy atom. The van der Waals surface area contributed by atoms with Gasteiger partial charge in [0.15, 0.2) is 0 Å². The second-order valence-corrected chi connectivity index (χ2v) is 9.91. The number of nitriles is 1. The Morgan fingerprint density at radius 1 is 1.18 bits per heavy atom. The maximum Gasteiger partial charge on any atom is 0.392 e. The van der Waals surface area contributed by atoms with Gasteiger partial charge in [0.1, 0.15) is 17.0 Å². The maximum atomic E-state index is 14.3. The van der Waals surface area contributed by atoms with Gasteiger partial charge in [0.25, 0.3) is 5.91 Å². The SMILES string of the molecule is COc1cc2c(cc1-c1nnn(C)n1)-c1c(CC(C)(F)F)cc(C(=O)N(C)[C@](C)(C#N)CC(F)(F)F)n1CC2. The van der Waals surface area contributed by atoms with Gasteiger partial charge in [-0.05, 0) is 54.8 Å². The number of alkyl halides is 5. The Morgan fingerprint density at radius 2 is 1.87 bits per heavy atom. The monoisotopic (exact) mass is 551 g/mol. The third-order valence-electron chi connectivity index (χ3n) is 6.76. The molecule has 0 spiro atoms. The van der Waals surface area contributed by atoms with Gasteiger partial charge in [-0.1, -0.05) is 0 Å². The summed E-state index contributed by atoms with van der Waals surface area (Å²) in [5.41, 5.74) is -0.0911. The third-order valence-corrected chi connectivity index (χ3v) is 6.76. The highest BCUT2D eigenvalue weighted by molar-refractivity contribution is 5.96. The molecule has 2 aromatic heterocycles. The van der Waals surface area contributed by atoms with E-state index in [4.69, 9.17) is 4.74 Å². The summed E-state index contributed by atoms with van der Waals surface area (Å²) in [5.74, 6) is -3.36. The minimum Gasteiger partial charge on any atom is -0.496 e. The second kappa shape index (κ2) is 9.62. The topological polar surface area (TPSA) is 102 Å². The van der Waals surface area contributed by atoms with Crippen LogP contribution in [0.5, 0.6) is 5.75 Å². The fourth-order valence-electron chi connectivity index (χ4n) is 4.84. The zero-order valence-electron chi connectivity index (χ0n) is 21.9. The van der Waals surface area contributed by atoms with Crippen LogP contribution in [0.15, 0.2) is 18.2 Å². The lowest BCUT2D eigenvalue weighted by atomic mass is 9.92. The first-order chi connectivity index (χ1) is 18.1. The van der Waals surface area contributed by atoms with Crippen molar-refractivity contribution in [3.05, 3.63) is 35.0 Å². The Labute approximate surface area is 220 Å². The molecular weight excluding hydrogens is 525 g/mol. The van der Waals surface area contributed by atoms with Crippen molar-refractivity contribution in [1.82, 2.24) is 29.7 Å². The molecule has 1 aliphatic rings. The van der Waals surface area contributed by atoms with E-state index < -0.39 is 36.4 Å². The first-order valence-electron chi connectivity index (χ1n) is 11.9. The number of tetrazole rings is 1. The van der Waals surface area contributed by atoms with Gasteiger partial charge in [-0.25, -0.2) is 8.78 Å². The molecule has 0 aliphatic carbocycles. The van der Waals surface area contributed by atoms with Crippen LogP contribution in [0.2, 0.25) is 0 Å². The lowest BCUT2D eigenvalue weighted by Crippen LogP contribution is -2.49. The largest absolute Gasteiger partial charge is 0.496 e. The molecule has 0 radical (unpaired) electrons. The molecule has 39 heavy (non-hydrogen) atoms. The number of carbonyl (C=O) groups excluding carboxylic acids is 1. The fourth-order valence-corrected chi connectivity index (χ4v) is 4.84. The summed E-state index contributed by atoms with van der Waals surface area (Å²) in [6, 6.07) is 6.28. The third kappa shape index (κ3) is 5.43. The van der Waals surface area contributed by atoms with Crippen molar-refractivity contribution in [1.29, 1.82) is 5.26 Å². The van der Waals surface area contributed by atoms with Crippen LogP contribution >= 0.6 is 0 Å². The van der Waals surface area contributed by atoms with Gasteiger partial charge >= 0.3 is 6.18 Å². The number of methoxy groups -OCH3 is 1. The number of nitrogens with zero attached hydrogens (tertiary/aromatic N) is 7. The molecule has 0 saturated carbocycles. The Bertz CT molecular complexity index is 1460. The average Bonchev–Trinajstić information content (AvgIpc) is 3.43. The molecule has 3 aromatic rings. The predicted molar refractivity (Wildman–Crippen MR) is 129 cm³/mol. The van der Waals surface area contributed by atoms with Crippen LogP contribution in [-0.2, 0) is 26.4 Å². The van der Waals surface area contributed by atoms with Crippen molar-refractivity contribution >= 4 is 5.91 Å². The average molecular weight is 552 g/mol. The van der Waals surface area contributed by atoms with Gasteiger partial charge in [0.05, 0.1) is 37.9 Å². The lowest BCUT2D eigenvalue weighted by Gasteiger charge is -2.34. The van der Waals surface area contributed by atoms with Crippen LogP contribution < -0.4 is 4.74 Å². The number of hydrogen-bond donors (Lipinski definition) is 0. The van der Waals surface area contributed by atoms with E-state index in [1.807, 2.05) is 0 Å². The zero-order chi connectivity index (χ0) is 28.9. The molecule has 1 aromatic carbocycles. The van der Waals surface area contributed by atoms with Gasteiger partial charge in [-0.2, -0.15) is 23.2 Å². The van der Waals surface area contributed by atoms with Gasteiger partial charge < -0.3 is 14.2 Å². The second-order valence-electron chi connectivity index (χ2n) is 9.91. The molecule has 208 valence electrons. The molecule has 1 atom stereocenters. The van der Waals surface area contributed by atoms with E-state index in [-0.39, 0.29) is 23.6 Å². The summed E-state index contributed by atoms with van der Waals surface area (Å²) < 4.78 is 75.3. The molecule has 0 fully saturated rings. The minimum atomic E-state index is -4.71. The lowest BCUT2D eigenvalue weighted by molar-refractivity contribution is -0.150. The number of rotatable bonds is 7. The van der Waals surface area contributed by atoms with Gasteiger partial charge in [-0.15, -0.1) is 10.2 Å². The van der Waals surface area contributed by atoms with Gasteiger partial charge in [-0.3, -0.25) is 4.79 Å². The summed E-state index contributed by atoms with van der Waals surface area (Å²) in [6.07, 6.45) is -6.60. The number of halogens is 5. The predicted octanol–water partition coefficient (Wildman–Crippen LogP) is 4.41. The van der Waals surface area contributed by atoms with Crippen molar-refractivity contribution in [2.24, 2.45) is 7.05 Å². The van der Waals surface area contributed by atoms with E-state index in [9.17, 15) is 32.0 Å². The number of ether oxygens (including phenoxy) is 1. The van der Waals surface area contributed by atoms with Crippen LogP contribution in [0, 0.1) is 11.3 Å². The number of aryl methyl sites for hydroxylation is 2. The molecule has 0 N–H and O–H groups in total. The summed E-state index contributed by atoms with van der Waals surface area (Å²) in [5, 5.41) is 21.6. The van der Waals surface area contributed by atoms with E-state index >= 15 is 0 Å². The van der Waals surface area contributed by atoms with Crippen molar-refractivity contribution in [2.75, 3.05) is 14.2 Å². The Balaban J connectivity index is 1.89. The van der Waals surface area contributed by atoms with E-state index in [0.29, 0.717) is 29.0 Å². The molecule has 0 saturated heterocycles. The molecule has 9 nitrogen and oxygen atoms in total. The first-order valence-corrected chi connectivity index (χ1v) is 11.9.